The summed E-state index contributed by atoms with van der Waals surface area (Å²) in [7, 11) is 0. The molecule has 2 unspecified atom stereocenters. The SMILES string of the molecule is N#CC1C(=O)NC(=O)C(C#N)C12CCC1(CCCCC1)CC2. The Bertz CT molecular complexity index is 534. The summed E-state index contributed by atoms with van der Waals surface area (Å²) in [5.74, 6) is -2.79. The Balaban J connectivity index is 1.89. The van der Waals surface area contributed by atoms with Gasteiger partial charge in [-0.1, -0.05) is 19.3 Å². The average Bonchev–Trinajstić information content (AvgIpc) is 2.52. The number of nitrogens with zero attached hydrogens (tertiary/aromatic N) is 2. The fraction of sp³-hybridized carbons (Fsp3) is 0.765. The molecule has 5 nitrogen and oxygen atoms in total. The number of hydrogen-bond donors (Lipinski definition) is 1. The molecule has 2 atom stereocenters. The highest BCUT2D eigenvalue weighted by molar-refractivity contribution is 6.03. The molecule has 2 aliphatic carbocycles. The van der Waals surface area contributed by atoms with Crippen LogP contribution >= 0.6 is 0 Å². The van der Waals surface area contributed by atoms with Crippen LogP contribution in [0.4, 0.5) is 0 Å². The zero-order chi connectivity index (χ0) is 15.8. The highest BCUT2D eigenvalue weighted by Gasteiger charge is 2.58. The van der Waals surface area contributed by atoms with Gasteiger partial charge in [0, 0.05) is 5.41 Å². The Morgan fingerprint density at radius 1 is 0.818 bits per heavy atom. The third-order valence-electron chi connectivity index (χ3n) is 6.33. The van der Waals surface area contributed by atoms with E-state index in [-0.39, 0.29) is 0 Å². The molecule has 2 saturated carbocycles. The van der Waals surface area contributed by atoms with Gasteiger partial charge in [-0.05, 0) is 43.9 Å². The largest absolute Gasteiger partial charge is 0.294 e. The number of nitriles is 2. The molecule has 0 aromatic heterocycles. The van der Waals surface area contributed by atoms with Gasteiger partial charge in [0.15, 0.2) is 0 Å². The smallest absolute Gasteiger partial charge is 0.244 e. The first kappa shape index (κ1) is 15.0. The van der Waals surface area contributed by atoms with Crippen molar-refractivity contribution < 1.29 is 9.59 Å². The van der Waals surface area contributed by atoms with Gasteiger partial charge >= 0.3 is 0 Å². The molecule has 116 valence electrons. The number of amides is 2. The molecule has 2 spiro atoms. The predicted molar refractivity (Wildman–Crippen MR) is 77.8 cm³/mol. The Kier molecular flexibility index (Phi) is 3.68. The fourth-order valence-electron chi connectivity index (χ4n) is 4.95. The highest BCUT2D eigenvalue weighted by Crippen LogP contribution is 2.58. The number of nitrogens with one attached hydrogen (secondary N) is 1. The van der Waals surface area contributed by atoms with Crippen molar-refractivity contribution in [2.24, 2.45) is 22.7 Å². The molecule has 0 radical (unpaired) electrons. The third kappa shape index (κ3) is 2.11. The molecule has 5 heteroatoms. The van der Waals surface area contributed by atoms with E-state index in [1.807, 2.05) is 0 Å². The fourth-order valence-corrected chi connectivity index (χ4v) is 4.95. The molecule has 3 rings (SSSR count). The second kappa shape index (κ2) is 5.39. The van der Waals surface area contributed by atoms with Gasteiger partial charge in [0.1, 0.15) is 11.8 Å². The highest BCUT2D eigenvalue weighted by atomic mass is 16.2. The molecule has 3 aliphatic rings. The lowest BCUT2D eigenvalue weighted by Crippen LogP contribution is -2.59. The number of rotatable bonds is 0. The first-order valence-electron chi connectivity index (χ1n) is 8.21. The van der Waals surface area contributed by atoms with Gasteiger partial charge in [-0.2, -0.15) is 10.5 Å². The van der Waals surface area contributed by atoms with Crippen molar-refractivity contribution >= 4 is 11.8 Å². The monoisotopic (exact) mass is 299 g/mol. The van der Waals surface area contributed by atoms with Crippen molar-refractivity contribution in [2.75, 3.05) is 0 Å². The molecule has 1 heterocycles. The summed E-state index contributed by atoms with van der Waals surface area (Å²) in [5, 5.41) is 21.1. The molecule has 1 saturated heterocycles. The van der Waals surface area contributed by atoms with Crippen LogP contribution in [0.2, 0.25) is 0 Å². The van der Waals surface area contributed by atoms with Crippen molar-refractivity contribution in [1.82, 2.24) is 5.32 Å². The maximum absolute atomic E-state index is 12.1. The Morgan fingerprint density at radius 3 is 1.77 bits per heavy atom. The van der Waals surface area contributed by atoms with Crippen molar-refractivity contribution in [3.63, 3.8) is 0 Å². The van der Waals surface area contributed by atoms with Gasteiger partial charge in [-0.15, -0.1) is 0 Å². The lowest BCUT2D eigenvalue weighted by Gasteiger charge is -2.52. The molecular formula is C17H21N3O2. The molecule has 1 aliphatic heterocycles. The minimum absolute atomic E-state index is 0.320. The third-order valence-corrected chi connectivity index (χ3v) is 6.33. The molecule has 0 bridgehead atoms. The van der Waals surface area contributed by atoms with E-state index >= 15 is 0 Å². The summed E-state index contributed by atoms with van der Waals surface area (Å²) in [4.78, 5) is 24.1. The Labute approximate surface area is 130 Å². The van der Waals surface area contributed by atoms with Crippen LogP contribution in [0.25, 0.3) is 0 Å². The lowest BCUT2D eigenvalue weighted by molar-refractivity contribution is -0.149. The van der Waals surface area contributed by atoms with Crippen molar-refractivity contribution in [1.29, 1.82) is 10.5 Å². The van der Waals surface area contributed by atoms with E-state index in [4.69, 9.17) is 0 Å². The van der Waals surface area contributed by atoms with Gasteiger partial charge in [-0.3, -0.25) is 14.9 Å². The van der Waals surface area contributed by atoms with Crippen LogP contribution in [0.3, 0.4) is 0 Å². The van der Waals surface area contributed by atoms with E-state index in [0.29, 0.717) is 18.3 Å². The minimum Gasteiger partial charge on any atom is -0.294 e. The zero-order valence-corrected chi connectivity index (χ0v) is 12.7. The molecular weight excluding hydrogens is 278 g/mol. The molecule has 1 N–H and O–H groups in total. The van der Waals surface area contributed by atoms with E-state index in [2.05, 4.69) is 17.5 Å². The van der Waals surface area contributed by atoms with Gasteiger partial charge in [0.05, 0.1) is 12.1 Å². The van der Waals surface area contributed by atoms with Crippen molar-refractivity contribution in [3.8, 4) is 12.1 Å². The van der Waals surface area contributed by atoms with Crippen LogP contribution < -0.4 is 5.32 Å². The van der Waals surface area contributed by atoms with E-state index in [1.165, 1.54) is 32.1 Å². The van der Waals surface area contributed by atoms with Crippen molar-refractivity contribution in [2.45, 2.75) is 57.8 Å². The number of carbonyl (C=O) groups is 2. The number of piperidine rings is 1. The van der Waals surface area contributed by atoms with Crippen LogP contribution in [0.15, 0.2) is 0 Å². The Hall–Kier alpha value is -1.88. The van der Waals surface area contributed by atoms with Crippen LogP contribution in [0, 0.1) is 45.3 Å². The van der Waals surface area contributed by atoms with Crippen LogP contribution in [-0.4, -0.2) is 11.8 Å². The molecule has 2 amide bonds. The summed E-state index contributed by atoms with van der Waals surface area (Å²) in [6.07, 6.45) is 9.34. The van der Waals surface area contributed by atoms with E-state index in [0.717, 1.165) is 12.8 Å². The molecule has 22 heavy (non-hydrogen) atoms. The summed E-state index contributed by atoms with van der Waals surface area (Å²) < 4.78 is 0. The molecule has 0 aromatic rings. The van der Waals surface area contributed by atoms with Gasteiger partial charge < -0.3 is 0 Å². The summed E-state index contributed by atoms with van der Waals surface area (Å²) >= 11 is 0. The minimum atomic E-state index is -0.879. The summed E-state index contributed by atoms with van der Waals surface area (Å²) in [5.41, 5.74) is -0.452. The summed E-state index contributed by atoms with van der Waals surface area (Å²) in [6.45, 7) is 0. The number of carbonyl (C=O) groups excluding carboxylic acids is 2. The zero-order valence-electron chi connectivity index (χ0n) is 12.7. The Morgan fingerprint density at radius 2 is 1.32 bits per heavy atom. The van der Waals surface area contributed by atoms with E-state index in [9.17, 15) is 20.1 Å². The maximum Gasteiger partial charge on any atom is 0.244 e. The number of imide groups is 1. The quantitative estimate of drug-likeness (QED) is 0.695. The van der Waals surface area contributed by atoms with Crippen LogP contribution in [0.1, 0.15) is 57.8 Å². The van der Waals surface area contributed by atoms with Crippen LogP contribution in [-0.2, 0) is 9.59 Å². The predicted octanol–water partition coefficient (Wildman–Crippen LogP) is 2.43. The summed E-state index contributed by atoms with van der Waals surface area (Å²) in [6, 6.07) is 4.15. The second-order valence-electron chi connectivity index (χ2n) is 7.27. The topological polar surface area (TPSA) is 93.8 Å². The van der Waals surface area contributed by atoms with Crippen LogP contribution in [0.5, 0.6) is 0 Å². The first-order valence-corrected chi connectivity index (χ1v) is 8.21. The van der Waals surface area contributed by atoms with Crippen molar-refractivity contribution in [3.05, 3.63) is 0 Å². The van der Waals surface area contributed by atoms with Gasteiger partial charge in [0.25, 0.3) is 0 Å². The van der Waals surface area contributed by atoms with E-state index in [1.54, 1.807) is 0 Å². The lowest BCUT2D eigenvalue weighted by atomic mass is 9.51. The standard InChI is InChI=1S/C17H21N3O2/c18-10-12-14(21)20-15(22)13(11-19)17(12)8-6-16(7-9-17)4-2-1-3-5-16/h12-13H,1-9H2,(H,20,21,22). The normalized spacial score (nSPS) is 33.0. The van der Waals surface area contributed by atoms with Gasteiger partial charge in [0.2, 0.25) is 11.8 Å². The van der Waals surface area contributed by atoms with E-state index < -0.39 is 29.1 Å². The number of hydrogen-bond acceptors (Lipinski definition) is 4. The second-order valence-corrected chi connectivity index (χ2v) is 7.27. The first-order chi connectivity index (χ1) is 10.6. The molecule has 3 fully saturated rings. The molecule has 0 aromatic carbocycles. The maximum atomic E-state index is 12.1. The average molecular weight is 299 g/mol. The van der Waals surface area contributed by atoms with Gasteiger partial charge in [-0.25, -0.2) is 0 Å².